The highest BCUT2D eigenvalue weighted by atomic mass is 16.3. The van der Waals surface area contributed by atoms with E-state index in [9.17, 15) is 19.8 Å². The Labute approximate surface area is 293 Å². The summed E-state index contributed by atoms with van der Waals surface area (Å²) in [5.74, 6) is 1.08. The number of rotatable bonds is 12. The monoisotopic (exact) mass is 680 g/mol. The highest BCUT2D eigenvalue weighted by Crippen LogP contribution is 2.45. The van der Waals surface area contributed by atoms with Crippen molar-refractivity contribution in [3.8, 4) is 33.8 Å². The molecule has 0 unspecified atom stereocenters. The molecule has 0 aliphatic heterocycles. The number of benzene rings is 2. The quantitative estimate of drug-likeness (QED) is 0.134. The van der Waals surface area contributed by atoms with E-state index in [-0.39, 0.29) is 23.1 Å². The Morgan fingerprint density at radius 2 is 1.12 bits per heavy atom. The second-order valence-corrected chi connectivity index (χ2v) is 13.1. The van der Waals surface area contributed by atoms with Crippen LogP contribution in [0.2, 0.25) is 0 Å². The second kappa shape index (κ2) is 13.0. The van der Waals surface area contributed by atoms with E-state index < -0.39 is 0 Å². The fraction of sp³-hybridized carbons (Fsp3) is 0.231. The summed E-state index contributed by atoms with van der Waals surface area (Å²) < 4.78 is 0. The summed E-state index contributed by atoms with van der Waals surface area (Å²) in [5.41, 5.74) is 6.72. The number of hydrogen-bond acceptors (Lipinski definition) is 12. The van der Waals surface area contributed by atoms with Gasteiger partial charge in [-0.25, -0.2) is 9.97 Å². The number of phenols is 2. The van der Waals surface area contributed by atoms with Crippen LogP contribution in [0.1, 0.15) is 38.3 Å². The van der Waals surface area contributed by atoms with E-state index in [2.05, 4.69) is 44.5 Å². The molecule has 0 radical (unpaired) electrons. The molecular formula is C39H36N8O4. The van der Waals surface area contributed by atoms with E-state index >= 15 is 0 Å². The number of likely N-dealkylation sites (N-methyl/N-ethyl adjacent to an activating group) is 2. The highest BCUT2D eigenvalue weighted by molar-refractivity contribution is 6.28. The minimum absolute atomic E-state index is 0.0981. The lowest BCUT2D eigenvalue weighted by Crippen LogP contribution is -2.31. The lowest BCUT2D eigenvalue weighted by molar-refractivity contribution is 0.103. The molecule has 2 aliphatic carbocycles. The van der Waals surface area contributed by atoms with Crippen LogP contribution < -0.4 is 10.6 Å². The molecule has 4 aromatic heterocycles. The zero-order chi connectivity index (χ0) is 35.2. The Morgan fingerprint density at radius 1 is 0.588 bits per heavy atom. The Balaban J connectivity index is 0.858. The number of nitrogens with one attached hydrogen (secondary N) is 2. The second-order valence-electron chi connectivity index (χ2n) is 13.1. The Hall–Kier alpha value is -5.98. The Morgan fingerprint density at radius 3 is 1.73 bits per heavy atom. The van der Waals surface area contributed by atoms with E-state index in [0.717, 1.165) is 65.6 Å². The third kappa shape index (κ3) is 5.77. The number of carbonyl (C=O) groups is 2. The van der Waals surface area contributed by atoms with Gasteiger partial charge >= 0.3 is 0 Å². The van der Waals surface area contributed by atoms with Gasteiger partial charge in [0.25, 0.3) is 0 Å². The number of fused-ring (bicyclic) bond motifs is 10. The number of aromatic nitrogens is 4. The lowest BCUT2D eigenvalue weighted by atomic mass is 10.0. The number of aromatic hydroxyl groups is 2. The first kappa shape index (κ1) is 32.2. The molecule has 4 heterocycles. The lowest BCUT2D eigenvalue weighted by Gasteiger charge is -2.21. The van der Waals surface area contributed by atoms with Crippen LogP contribution in [-0.4, -0.2) is 105 Å². The van der Waals surface area contributed by atoms with E-state index in [4.69, 9.17) is 9.97 Å². The Bertz CT molecular complexity index is 2380. The minimum atomic E-state index is -0.117. The minimum Gasteiger partial charge on any atom is -0.508 e. The van der Waals surface area contributed by atoms with E-state index in [0.29, 0.717) is 58.0 Å². The van der Waals surface area contributed by atoms with Crippen LogP contribution in [0, 0.1) is 0 Å². The van der Waals surface area contributed by atoms with Crippen molar-refractivity contribution in [1.29, 1.82) is 0 Å². The standard InChI is InChI=1S/C39H36N8O4/c1-46(16-12-42-38-35-33(25-9-11-41-21-29(25)37(35)51)27-18-22(48)5-7-30(27)44-38)14-3-15-47(2)17-13-43-39-34-32(24-8-10-40-20-28(24)36(34)50)26-6-4-23(49)19-31(26)45-39/h4-11,18-21,48-49H,3,12-17H2,1-2H3,(H,42,44)(H,43,45). The van der Waals surface area contributed by atoms with Crippen molar-refractivity contribution in [2.24, 2.45) is 0 Å². The number of ketones is 2. The molecule has 0 saturated heterocycles. The topological polar surface area (TPSA) is 157 Å². The van der Waals surface area contributed by atoms with Crippen LogP contribution in [-0.2, 0) is 0 Å². The zero-order valence-electron chi connectivity index (χ0n) is 28.3. The fourth-order valence-electron chi connectivity index (χ4n) is 7.18. The van der Waals surface area contributed by atoms with Gasteiger partial charge in [0, 0.05) is 90.1 Å². The molecule has 2 aliphatic rings. The molecule has 0 atom stereocenters. The SMILES string of the molecule is CN(CCCN(C)CCNc1nc2ccc(O)cc2c2c1C(=O)c1cnccc1-2)CCNc1nc2cc(O)ccc2c2c1C(=O)c1cnccc1-2. The molecule has 0 spiro atoms. The van der Waals surface area contributed by atoms with Gasteiger partial charge in [-0.15, -0.1) is 0 Å². The summed E-state index contributed by atoms with van der Waals surface area (Å²) in [7, 11) is 4.15. The number of carbonyl (C=O) groups excluding carboxylic acids is 2. The van der Waals surface area contributed by atoms with E-state index in [1.54, 1.807) is 61.2 Å². The van der Waals surface area contributed by atoms with E-state index in [1.165, 1.54) is 0 Å². The van der Waals surface area contributed by atoms with Crippen LogP contribution in [0.25, 0.3) is 44.1 Å². The van der Waals surface area contributed by atoms with Gasteiger partial charge in [-0.2, -0.15) is 0 Å². The number of nitrogens with zero attached hydrogens (tertiary/aromatic N) is 6. The third-order valence-electron chi connectivity index (χ3n) is 9.71. The van der Waals surface area contributed by atoms with Crippen molar-refractivity contribution >= 4 is 45.0 Å². The summed E-state index contributed by atoms with van der Waals surface area (Å²) in [6.07, 6.45) is 7.50. The van der Waals surface area contributed by atoms with E-state index in [1.807, 2.05) is 12.1 Å². The molecular weight excluding hydrogens is 644 g/mol. The fourth-order valence-corrected chi connectivity index (χ4v) is 7.18. The van der Waals surface area contributed by atoms with Gasteiger partial charge in [-0.05, 0) is 87.2 Å². The van der Waals surface area contributed by atoms with Gasteiger partial charge in [0.2, 0.25) is 0 Å². The molecule has 6 aromatic rings. The molecule has 0 amide bonds. The van der Waals surface area contributed by atoms with Crippen molar-refractivity contribution in [3.63, 3.8) is 0 Å². The maximum absolute atomic E-state index is 13.4. The number of anilines is 2. The molecule has 12 heteroatoms. The maximum Gasteiger partial charge on any atom is 0.199 e. The molecule has 12 nitrogen and oxygen atoms in total. The van der Waals surface area contributed by atoms with Crippen molar-refractivity contribution in [2.45, 2.75) is 6.42 Å². The maximum atomic E-state index is 13.4. The summed E-state index contributed by atoms with van der Waals surface area (Å²) in [4.78, 5) is 49.2. The third-order valence-corrected chi connectivity index (χ3v) is 9.71. The summed E-state index contributed by atoms with van der Waals surface area (Å²) in [6, 6.07) is 13.8. The number of pyridine rings is 4. The van der Waals surface area contributed by atoms with Crippen molar-refractivity contribution in [1.82, 2.24) is 29.7 Å². The molecule has 0 fully saturated rings. The predicted molar refractivity (Wildman–Crippen MR) is 197 cm³/mol. The molecule has 8 rings (SSSR count). The van der Waals surface area contributed by atoms with Crippen molar-refractivity contribution < 1.29 is 19.8 Å². The largest absolute Gasteiger partial charge is 0.508 e. The zero-order valence-corrected chi connectivity index (χ0v) is 28.3. The van der Waals surface area contributed by atoms with Crippen LogP contribution in [0.3, 0.4) is 0 Å². The van der Waals surface area contributed by atoms with Gasteiger partial charge in [-0.3, -0.25) is 19.6 Å². The van der Waals surface area contributed by atoms with Crippen LogP contribution in [0.4, 0.5) is 11.6 Å². The van der Waals surface area contributed by atoms with Gasteiger partial charge in [-0.1, -0.05) is 0 Å². The molecule has 4 N–H and O–H groups in total. The molecule has 256 valence electrons. The van der Waals surface area contributed by atoms with Gasteiger partial charge < -0.3 is 30.6 Å². The normalized spacial score (nSPS) is 12.9. The van der Waals surface area contributed by atoms with Gasteiger partial charge in [0.15, 0.2) is 11.6 Å². The summed E-state index contributed by atoms with van der Waals surface area (Å²) >= 11 is 0. The molecule has 2 aromatic carbocycles. The van der Waals surface area contributed by atoms with Crippen LogP contribution in [0.5, 0.6) is 11.5 Å². The first-order valence-electron chi connectivity index (χ1n) is 16.9. The summed E-state index contributed by atoms with van der Waals surface area (Å²) in [6.45, 7) is 4.43. The number of hydrogen-bond donors (Lipinski definition) is 4. The number of phenolic OH excluding ortho intramolecular Hbond substituents is 2. The van der Waals surface area contributed by atoms with Gasteiger partial charge in [0.1, 0.15) is 23.1 Å². The Kier molecular flexibility index (Phi) is 8.25. The molecule has 51 heavy (non-hydrogen) atoms. The first-order valence-corrected chi connectivity index (χ1v) is 16.9. The molecule has 0 saturated carbocycles. The van der Waals surface area contributed by atoms with Crippen LogP contribution in [0.15, 0.2) is 73.3 Å². The van der Waals surface area contributed by atoms with Crippen molar-refractivity contribution in [3.05, 3.63) is 95.6 Å². The highest BCUT2D eigenvalue weighted by Gasteiger charge is 2.34. The smallest absolute Gasteiger partial charge is 0.199 e. The van der Waals surface area contributed by atoms with Crippen LogP contribution >= 0.6 is 0 Å². The average molecular weight is 681 g/mol. The summed E-state index contributed by atoms with van der Waals surface area (Å²) in [5, 5.41) is 28.7. The average Bonchev–Trinajstić information content (AvgIpc) is 3.60. The first-order chi connectivity index (χ1) is 24.8. The molecule has 0 bridgehead atoms. The van der Waals surface area contributed by atoms with Gasteiger partial charge in [0.05, 0.1) is 22.2 Å². The van der Waals surface area contributed by atoms with Crippen molar-refractivity contribution in [2.75, 3.05) is 64.0 Å². The predicted octanol–water partition coefficient (Wildman–Crippen LogP) is 5.18.